The number of nitrogens with zero attached hydrogens (tertiary/aromatic N) is 1. The number of aromatic nitrogens is 1. The van der Waals surface area contributed by atoms with E-state index >= 15 is 0 Å². The molecule has 0 aliphatic carbocycles. The minimum absolute atomic E-state index is 0. The van der Waals surface area contributed by atoms with Gasteiger partial charge in [-0.2, -0.15) is 13.8 Å². The van der Waals surface area contributed by atoms with Crippen molar-refractivity contribution in [1.29, 1.82) is 0 Å². The maximum atomic E-state index is 3.79. The molecule has 0 bridgehead atoms. The predicted molar refractivity (Wildman–Crippen MR) is 51.2 cm³/mol. The molecule has 0 aromatic carbocycles. The second kappa shape index (κ2) is 10.3. The molecule has 1 nitrogen and oxygen atoms in total. The monoisotopic (exact) mass is 252 g/mol. The summed E-state index contributed by atoms with van der Waals surface area (Å²) in [5, 5.41) is 0. The Hall–Kier alpha value is 1.27. The van der Waals surface area contributed by atoms with Crippen molar-refractivity contribution in [2.24, 2.45) is 0 Å². The molecular formula is C9H12BrKN-. The summed E-state index contributed by atoms with van der Waals surface area (Å²) >= 11 is 3.32. The van der Waals surface area contributed by atoms with Crippen LogP contribution < -0.4 is 51.4 Å². The van der Waals surface area contributed by atoms with E-state index < -0.39 is 0 Å². The van der Waals surface area contributed by atoms with Crippen LogP contribution in [0.15, 0.2) is 16.7 Å². The van der Waals surface area contributed by atoms with Crippen LogP contribution in [0.5, 0.6) is 0 Å². The Morgan fingerprint density at radius 1 is 1.50 bits per heavy atom. The molecule has 0 saturated heterocycles. The molecule has 0 fully saturated rings. The molecule has 0 N–H and O–H groups in total. The molecule has 0 amide bonds. The minimum Gasteiger partial charge on any atom is -0.394 e. The fourth-order valence-corrected chi connectivity index (χ4v) is 0.608. The zero-order valence-corrected chi connectivity index (χ0v) is 12.8. The normalized spacial score (nSPS) is 7.67. The van der Waals surface area contributed by atoms with Crippen LogP contribution in [-0.4, -0.2) is 4.98 Å². The van der Waals surface area contributed by atoms with Crippen molar-refractivity contribution in [3.8, 4) is 0 Å². The second-order valence-corrected chi connectivity index (χ2v) is 2.99. The fourth-order valence-electron chi connectivity index (χ4n) is 0.404. The molecule has 1 aromatic heterocycles. The van der Waals surface area contributed by atoms with E-state index in [4.69, 9.17) is 0 Å². The van der Waals surface area contributed by atoms with Crippen molar-refractivity contribution >= 4 is 15.9 Å². The van der Waals surface area contributed by atoms with Gasteiger partial charge in [-0.3, -0.25) is 0 Å². The SMILES string of the molecule is C[CH-]C.Cc1cn[c-]cc1Br.[K+]. The molecule has 62 valence electrons. The van der Waals surface area contributed by atoms with E-state index in [9.17, 15) is 0 Å². The van der Waals surface area contributed by atoms with E-state index in [-0.39, 0.29) is 51.4 Å². The minimum atomic E-state index is 0. The third-order valence-electron chi connectivity index (χ3n) is 0.901. The largest absolute Gasteiger partial charge is 1.00 e. The van der Waals surface area contributed by atoms with Crippen molar-refractivity contribution in [2.45, 2.75) is 20.8 Å². The van der Waals surface area contributed by atoms with Gasteiger partial charge < -0.3 is 11.4 Å². The number of hydrogen-bond acceptors (Lipinski definition) is 1. The van der Waals surface area contributed by atoms with Crippen LogP contribution in [0.25, 0.3) is 0 Å². The summed E-state index contributed by atoms with van der Waals surface area (Å²) in [5.41, 5.74) is 1.14. The van der Waals surface area contributed by atoms with Crippen LogP contribution in [0.4, 0.5) is 0 Å². The Bertz CT molecular complexity index is 182. The van der Waals surface area contributed by atoms with Gasteiger partial charge >= 0.3 is 51.4 Å². The van der Waals surface area contributed by atoms with Gasteiger partial charge in [0.1, 0.15) is 0 Å². The first-order valence-corrected chi connectivity index (χ1v) is 4.23. The fraction of sp³-hybridized carbons (Fsp3) is 0.333. The third-order valence-corrected chi connectivity index (χ3v) is 1.76. The molecule has 0 radical (unpaired) electrons. The quantitative estimate of drug-likeness (QED) is 0.475. The summed E-state index contributed by atoms with van der Waals surface area (Å²) in [6, 6.07) is 1.80. The van der Waals surface area contributed by atoms with Crippen LogP contribution in [0.1, 0.15) is 19.4 Å². The molecule has 0 atom stereocenters. The number of halogens is 1. The van der Waals surface area contributed by atoms with Crippen LogP contribution in [0.2, 0.25) is 0 Å². The standard InChI is InChI=1S/C6H5BrN.C3H7.K/c1-5-4-8-3-2-6(5)7;1-3-2;/h2,4H,1H3;3H,1-2H3;/q2*-1;+1. The number of pyridine rings is 1. The van der Waals surface area contributed by atoms with Gasteiger partial charge in [-0.25, -0.2) is 0 Å². The van der Waals surface area contributed by atoms with Crippen molar-refractivity contribution in [1.82, 2.24) is 4.98 Å². The second-order valence-electron chi connectivity index (χ2n) is 2.14. The first kappa shape index (κ1) is 15.7. The molecule has 0 saturated carbocycles. The van der Waals surface area contributed by atoms with Crippen molar-refractivity contribution in [2.75, 3.05) is 0 Å². The Morgan fingerprint density at radius 3 is 2.25 bits per heavy atom. The summed E-state index contributed by atoms with van der Waals surface area (Å²) in [5.74, 6) is 0. The van der Waals surface area contributed by atoms with Gasteiger partial charge in [-0.05, 0) is 0 Å². The van der Waals surface area contributed by atoms with Gasteiger partial charge in [0.25, 0.3) is 0 Å². The maximum Gasteiger partial charge on any atom is 1.00 e. The van der Waals surface area contributed by atoms with E-state index in [0.717, 1.165) is 10.0 Å². The number of rotatable bonds is 0. The molecule has 3 heteroatoms. The van der Waals surface area contributed by atoms with E-state index in [1.54, 1.807) is 12.3 Å². The molecule has 1 heterocycles. The molecule has 12 heavy (non-hydrogen) atoms. The van der Waals surface area contributed by atoms with Crippen LogP contribution in [0, 0.1) is 19.5 Å². The summed E-state index contributed by atoms with van der Waals surface area (Å²) in [6.07, 6.45) is 6.47. The van der Waals surface area contributed by atoms with E-state index in [1.807, 2.05) is 27.2 Å². The van der Waals surface area contributed by atoms with E-state index in [0.29, 0.717) is 0 Å². The molecule has 1 aromatic rings. The smallest absolute Gasteiger partial charge is 0.394 e. The van der Waals surface area contributed by atoms with Crippen LogP contribution >= 0.6 is 15.9 Å². The first-order valence-electron chi connectivity index (χ1n) is 3.44. The average Bonchev–Trinajstić information content (AvgIpc) is 1.97. The van der Waals surface area contributed by atoms with Crippen molar-refractivity contribution in [3.63, 3.8) is 0 Å². The molecule has 0 aliphatic heterocycles. The van der Waals surface area contributed by atoms with Crippen LogP contribution in [-0.2, 0) is 0 Å². The first-order chi connectivity index (χ1) is 5.22. The summed E-state index contributed by atoms with van der Waals surface area (Å²) in [7, 11) is 0. The Kier molecular flexibility index (Phi) is 13.6. The van der Waals surface area contributed by atoms with Crippen molar-refractivity contribution < 1.29 is 51.4 Å². The Morgan fingerprint density at radius 2 is 2.00 bits per heavy atom. The summed E-state index contributed by atoms with van der Waals surface area (Å²) in [4.78, 5) is 3.79. The number of aryl methyl sites for hydroxylation is 1. The average molecular weight is 253 g/mol. The van der Waals surface area contributed by atoms with E-state index in [2.05, 4.69) is 27.1 Å². The number of hydrogen-bond donors (Lipinski definition) is 0. The molecule has 0 spiro atoms. The zero-order chi connectivity index (χ0) is 8.69. The molecule has 0 aliphatic rings. The van der Waals surface area contributed by atoms with Gasteiger partial charge in [0.15, 0.2) is 0 Å². The molecule has 0 unspecified atom stereocenters. The van der Waals surface area contributed by atoms with Gasteiger partial charge in [0, 0.05) is 0 Å². The Labute approximate surface area is 126 Å². The molecular weight excluding hydrogens is 241 g/mol. The van der Waals surface area contributed by atoms with Gasteiger partial charge in [-0.1, -0.05) is 23.8 Å². The Balaban J connectivity index is 0. The topological polar surface area (TPSA) is 12.9 Å². The van der Waals surface area contributed by atoms with Crippen molar-refractivity contribution in [3.05, 3.63) is 34.9 Å². The van der Waals surface area contributed by atoms with Gasteiger partial charge in [0.05, 0.1) is 0 Å². The van der Waals surface area contributed by atoms with Gasteiger partial charge in [0.2, 0.25) is 0 Å². The zero-order valence-electron chi connectivity index (χ0n) is 8.06. The van der Waals surface area contributed by atoms with E-state index in [1.165, 1.54) is 0 Å². The summed E-state index contributed by atoms with van der Waals surface area (Å²) < 4.78 is 1.06. The summed E-state index contributed by atoms with van der Waals surface area (Å²) in [6.45, 7) is 5.99. The van der Waals surface area contributed by atoms with Crippen LogP contribution in [0.3, 0.4) is 0 Å². The predicted octanol–water partition coefficient (Wildman–Crippen LogP) is 0.187. The molecule has 1 rings (SSSR count). The maximum absolute atomic E-state index is 3.79. The van der Waals surface area contributed by atoms with Gasteiger partial charge in [-0.15, -0.1) is 27.6 Å². The third kappa shape index (κ3) is 7.89.